The number of hydrogen-bond acceptors (Lipinski definition) is 4. The van der Waals surface area contributed by atoms with E-state index in [4.69, 9.17) is 4.74 Å². The number of amides is 4. The Morgan fingerprint density at radius 2 is 1.84 bits per heavy atom. The third-order valence-corrected chi connectivity index (χ3v) is 4.86. The fraction of sp³-hybridized carbons (Fsp3) is 0.609. The number of carbonyl (C=O) groups is 3. The molecule has 2 rings (SSSR count). The van der Waals surface area contributed by atoms with E-state index in [0.717, 1.165) is 12.8 Å². The molecule has 8 nitrogen and oxygen atoms in total. The molecule has 1 aliphatic rings. The summed E-state index contributed by atoms with van der Waals surface area (Å²) >= 11 is 0. The number of hydrogen-bond donors (Lipinski definition) is 2. The van der Waals surface area contributed by atoms with Gasteiger partial charge in [0.2, 0.25) is 0 Å². The maximum absolute atomic E-state index is 12.7. The molecule has 4 amide bonds. The largest absolute Gasteiger partial charge is 0.444 e. The monoisotopic (exact) mass is 432 g/mol. The molecule has 0 saturated carbocycles. The Balaban J connectivity index is 1.88. The van der Waals surface area contributed by atoms with Crippen molar-refractivity contribution in [2.45, 2.75) is 59.1 Å². The summed E-state index contributed by atoms with van der Waals surface area (Å²) in [4.78, 5) is 40.3. The molecule has 1 heterocycles. The number of carbonyl (C=O) groups excluding carboxylic acids is 3. The maximum Gasteiger partial charge on any atom is 0.410 e. The smallest absolute Gasteiger partial charge is 0.410 e. The van der Waals surface area contributed by atoms with Crippen LogP contribution in [0.15, 0.2) is 24.3 Å². The standard InChI is InChI=1S/C23H36N4O4/c1-16(2)24-20(28)18-9-11-19(12-10-18)25-21(29)27-13-7-8-17(15-27)14-26(6)22(30)31-23(3,4)5/h9-12,16-17H,7-8,13-15H2,1-6H3,(H,24,28)(H,25,29). The van der Waals surface area contributed by atoms with E-state index in [0.29, 0.717) is 30.9 Å². The molecule has 1 aliphatic heterocycles. The summed E-state index contributed by atoms with van der Waals surface area (Å²) in [6.45, 7) is 11.1. The molecule has 1 saturated heterocycles. The minimum absolute atomic E-state index is 0.0632. The van der Waals surface area contributed by atoms with Crippen molar-refractivity contribution in [2.24, 2.45) is 5.92 Å². The second-order valence-electron chi connectivity index (χ2n) is 9.45. The molecule has 31 heavy (non-hydrogen) atoms. The zero-order chi connectivity index (χ0) is 23.2. The van der Waals surface area contributed by atoms with Crippen molar-refractivity contribution in [3.63, 3.8) is 0 Å². The number of ether oxygens (including phenoxy) is 1. The summed E-state index contributed by atoms with van der Waals surface area (Å²) in [5, 5.41) is 5.74. The van der Waals surface area contributed by atoms with E-state index in [2.05, 4.69) is 10.6 Å². The zero-order valence-electron chi connectivity index (χ0n) is 19.5. The number of piperidine rings is 1. The van der Waals surface area contributed by atoms with Gasteiger partial charge in [-0.05, 0) is 77.6 Å². The SMILES string of the molecule is CC(C)NC(=O)c1ccc(NC(=O)N2CCCC(CN(C)C(=O)OC(C)(C)C)C2)cc1. The van der Waals surface area contributed by atoms with Gasteiger partial charge in [-0.1, -0.05) is 0 Å². The van der Waals surface area contributed by atoms with Crippen molar-refractivity contribution in [3.05, 3.63) is 29.8 Å². The second kappa shape index (κ2) is 10.5. The molecule has 1 atom stereocenters. The second-order valence-corrected chi connectivity index (χ2v) is 9.45. The minimum atomic E-state index is -0.533. The fourth-order valence-corrected chi connectivity index (χ4v) is 3.45. The molecule has 0 radical (unpaired) electrons. The van der Waals surface area contributed by atoms with Gasteiger partial charge in [0.05, 0.1) is 0 Å². The molecule has 0 bridgehead atoms. The minimum Gasteiger partial charge on any atom is -0.444 e. The number of urea groups is 1. The number of nitrogens with zero attached hydrogens (tertiary/aromatic N) is 2. The lowest BCUT2D eigenvalue weighted by atomic mass is 9.98. The van der Waals surface area contributed by atoms with E-state index in [1.807, 2.05) is 34.6 Å². The van der Waals surface area contributed by atoms with E-state index in [-0.39, 0.29) is 30.0 Å². The van der Waals surface area contributed by atoms with E-state index >= 15 is 0 Å². The first-order valence-corrected chi connectivity index (χ1v) is 10.9. The molecule has 172 valence electrons. The quantitative estimate of drug-likeness (QED) is 0.737. The van der Waals surface area contributed by atoms with E-state index < -0.39 is 5.60 Å². The Morgan fingerprint density at radius 1 is 1.19 bits per heavy atom. The van der Waals surface area contributed by atoms with Gasteiger partial charge >= 0.3 is 12.1 Å². The van der Waals surface area contributed by atoms with Crippen LogP contribution in [-0.2, 0) is 4.74 Å². The molecule has 1 fully saturated rings. The zero-order valence-corrected chi connectivity index (χ0v) is 19.5. The van der Waals surface area contributed by atoms with Gasteiger partial charge in [-0.15, -0.1) is 0 Å². The number of nitrogens with one attached hydrogen (secondary N) is 2. The lowest BCUT2D eigenvalue weighted by molar-refractivity contribution is 0.0253. The molecule has 1 aromatic rings. The molecule has 8 heteroatoms. The van der Waals surface area contributed by atoms with Crippen LogP contribution in [0, 0.1) is 5.92 Å². The van der Waals surface area contributed by atoms with Crippen LogP contribution in [-0.4, -0.2) is 66.2 Å². The van der Waals surface area contributed by atoms with Crippen LogP contribution >= 0.6 is 0 Å². The number of anilines is 1. The summed E-state index contributed by atoms with van der Waals surface area (Å²) in [6, 6.07) is 6.73. The van der Waals surface area contributed by atoms with Gasteiger partial charge in [0.15, 0.2) is 0 Å². The number of rotatable bonds is 5. The summed E-state index contributed by atoms with van der Waals surface area (Å²) in [6.07, 6.45) is 1.49. The fourth-order valence-electron chi connectivity index (χ4n) is 3.45. The van der Waals surface area contributed by atoms with E-state index in [9.17, 15) is 14.4 Å². The first kappa shape index (κ1) is 24.5. The highest BCUT2D eigenvalue weighted by atomic mass is 16.6. The Bertz CT molecular complexity index is 771. The van der Waals surface area contributed by atoms with Gasteiger partial charge in [-0.2, -0.15) is 0 Å². The van der Waals surface area contributed by atoms with Gasteiger partial charge in [0.25, 0.3) is 5.91 Å². The van der Waals surface area contributed by atoms with E-state index in [1.165, 1.54) is 0 Å². The number of benzene rings is 1. The third kappa shape index (κ3) is 8.11. The van der Waals surface area contributed by atoms with E-state index in [1.54, 1.807) is 41.1 Å². The average Bonchev–Trinajstić information content (AvgIpc) is 2.66. The molecule has 1 unspecified atom stereocenters. The van der Waals surface area contributed by atoms with Crippen LogP contribution in [0.2, 0.25) is 0 Å². The topological polar surface area (TPSA) is 91.0 Å². The molecule has 0 aromatic heterocycles. The molecule has 2 N–H and O–H groups in total. The third-order valence-electron chi connectivity index (χ3n) is 4.86. The predicted octanol–water partition coefficient (Wildman–Crippen LogP) is 3.94. The van der Waals surface area contributed by atoms with Crippen LogP contribution in [0.25, 0.3) is 0 Å². The Kier molecular flexibility index (Phi) is 8.30. The summed E-state index contributed by atoms with van der Waals surface area (Å²) < 4.78 is 5.41. The van der Waals surface area contributed by atoms with Crippen molar-refractivity contribution < 1.29 is 19.1 Å². The van der Waals surface area contributed by atoms with Gasteiger partial charge in [-0.3, -0.25) is 4.79 Å². The van der Waals surface area contributed by atoms with Crippen molar-refractivity contribution in [1.82, 2.24) is 15.1 Å². The van der Waals surface area contributed by atoms with Gasteiger partial charge in [0.1, 0.15) is 5.60 Å². The van der Waals surface area contributed by atoms with Crippen molar-refractivity contribution in [2.75, 3.05) is 32.0 Å². The molecule has 1 aromatic carbocycles. The van der Waals surface area contributed by atoms with Crippen LogP contribution in [0.1, 0.15) is 57.8 Å². The summed E-state index contributed by atoms with van der Waals surface area (Å²) in [5.41, 5.74) is 0.656. The van der Waals surface area contributed by atoms with Crippen LogP contribution in [0.4, 0.5) is 15.3 Å². The lowest BCUT2D eigenvalue weighted by Crippen LogP contribution is -2.46. The number of likely N-dealkylation sites (tertiary alicyclic amines) is 1. The van der Waals surface area contributed by atoms with Crippen LogP contribution < -0.4 is 10.6 Å². The maximum atomic E-state index is 12.7. The normalized spacial score (nSPS) is 16.6. The highest BCUT2D eigenvalue weighted by molar-refractivity contribution is 5.95. The Labute approximate surface area is 185 Å². The Hall–Kier alpha value is -2.77. The molecule has 0 spiro atoms. The van der Waals surface area contributed by atoms with Crippen LogP contribution in [0.5, 0.6) is 0 Å². The Morgan fingerprint density at radius 3 is 2.42 bits per heavy atom. The van der Waals surface area contributed by atoms with Gasteiger partial charge in [0, 0.05) is 44.0 Å². The molecular formula is C23H36N4O4. The van der Waals surface area contributed by atoms with Crippen LogP contribution in [0.3, 0.4) is 0 Å². The van der Waals surface area contributed by atoms with Crippen molar-refractivity contribution in [1.29, 1.82) is 0 Å². The molecular weight excluding hydrogens is 396 g/mol. The first-order valence-electron chi connectivity index (χ1n) is 10.9. The van der Waals surface area contributed by atoms with Crippen molar-refractivity contribution in [3.8, 4) is 0 Å². The first-order chi connectivity index (χ1) is 14.4. The van der Waals surface area contributed by atoms with Gasteiger partial charge < -0.3 is 25.2 Å². The highest BCUT2D eigenvalue weighted by Crippen LogP contribution is 2.20. The lowest BCUT2D eigenvalue weighted by Gasteiger charge is -2.35. The van der Waals surface area contributed by atoms with Gasteiger partial charge in [-0.25, -0.2) is 9.59 Å². The highest BCUT2D eigenvalue weighted by Gasteiger charge is 2.27. The average molecular weight is 433 g/mol. The van der Waals surface area contributed by atoms with Crippen molar-refractivity contribution >= 4 is 23.7 Å². The molecule has 0 aliphatic carbocycles. The summed E-state index contributed by atoms with van der Waals surface area (Å²) in [5.74, 6) is 0.0555. The summed E-state index contributed by atoms with van der Waals surface area (Å²) in [7, 11) is 1.73. The predicted molar refractivity (Wildman–Crippen MR) is 121 cm³/mol.